The van der Waals surface area contributed by atoms with Crippen molar-refractivity contribution in [3.05, 3.63) is 60.2 Å². The molecular formula is C41H80Ni3P4S2+2. The molecule has 0 saturated heterocycles. The maximum absolute atomic E-state index is 3.19. The zero-order valence-electron chi connectivity index (χ0n) is 34.8. The molecule has 2 aromatic rings. The van der Waals surface area contributed by atoms with Crippen LogP contribution in [-0.4, -0.2) is 69.9 Å². The Hall–Kier alpha value is 2.34. The number of hydrogen-bond donors (Lipinski definition) is 0. The van der Waals surface area contributed by atoms with Gasteiger partial charge in [0.15, 0.2) is 0 Å². The van der Waals surface area contributed by atoms with E-state index in [-0.39, 0.29) is 108 Å². The van der Waals surface area contributed by atoms with Crippen LogP contribution in [0, 0.1) is 19.1 Å². The van der Waals surface area contributed by atoms with Gasteiger partial charge in [-0.05, 0) is 111 Å². The largest absolute Gasteiger partial charge is 2.00 e. The predicted octanol–water partition coefficient (Wildman–Crippen LogP) is 12.8. The Labute approximate surface area is 364 Å². The summed E-state index contributed by atoms with van der Waals surface area (Å²) in [5.74, 6) is 0. The van der Waals surface area contributed by atoms with Crippen molar-refractivity contribution in [1.82, 2.24) is 0 Å². The summed E-state index contributed by atoms with van der Waals surface area (Å²) in [6.45, 7) is 41.1. The summed E-state index contributed by atoms with van der Waals surface area (Å²) in [7, 11) is -0.458. The molecule has 0 spiro atoms. The fraction of sp³-hybridized carbons (Fsp3) is 0.707. The van der Waals surface area contributed by atoms with Crippen molar-refractivity contribution in [1.29, 1.82) is 0 Å². The van der Waals surface area contributed by atoms with Gasteiger partial charge in [0.1, 0.15) is 0 Å². The maximum Gasteiger partial charge on any atom is 2.00 e. The third kappa shape index (κ3) is 27.8. The Morgan fingerprint density at radius 1 is 0.440 bits per heavy atom. The Bertz CT molecular complexity index is 894. The molecule has 2 rings (SSSR count). The third-order valence-electron chi connectivity index (χ3n) is 9.29. The molecule has 0 unspecified atom stereocenters. The Balaban J connectivity index is -0.000000139. The number of aryl methyl sites for hydroxylation is 1. The summed E-state index contributed by atoms with van der Waals surface area (Å²) >= 11 is 0. The molecule has 2 aromatic carbocycles. The number of thiol groups is 2. The van der Waals surface area contributed by atoms with Gasteiger partial charge in [0.25, 0.3) is 0 Å². The van der Waals surface area contributed by atoms with E-state index in [9.17, 15) is 0 Å². The van der Waals surface area contributed by atoms with E-state index in [2.05, 4.69) is 136 Å². The van der Waals surface area contributed by atoms with E-state index < -0.39 is 0 Å². The summed E-state index contributed by atoms with van der Waals surface area (Å²) in [5.41, 5.74) is 11.1. The van der Waals surface area contributed by atoms with Crippen LogP contribution in [-0.2, 0) is 76.5 Å². The van der Waals surface area contributed by atoms with Crippen molar-refractivity contribution in [2.75, 3.05) is 24.6 Å². The van der Waals surface area contributed by atoms with Crippen molar-refractivity contribution in [2.45, 2.75) is 163 Å². The first-order valence-corrected chi connectivity index (χ1v) is 25.7. The van der Waals surface area contributed by atoms with E-state index >= 15 is 0 Å². The van der Waals surface area contributed by atoms with Gasteiger partial charge in [-0.1, -0.05) is 6.92 Å². The minimum atomic E-state index is -0.114. The molecule has 0 atom stereocenters. The van der Waals surface area contributed by atoms with Gasteiger partial charge in [0.2, 0.25) is 0 Å². The van der Waals surface area contributed by atoms with Crippen LogP contribution in [0.1, 0.15) is 116 Å². The van der Waals surface area contributed by atoms with Crippen LogP contribution >= 0.6 is 31.7 Å². The monoisotopic (exact) mass is 934 g/mol. The maximum atomic E-state index is 3.19. The van der Waals surface area contributed by atoms with Gasteiger partial charge in [-0.15, -0.1) is 17.7 Å². The van der Waals surface area contributed by atoms with Crippen LogP contribution in [0.5, 0.6) is 0 Å². The van der Waals surface area contributed by atoms with Gasteiger partial charge in [-0.3, -0.25) is 0 Å². The van der Waals surface area contributed by atoms with Gasteiger partial charge in [0.05, 0.1) is 69.9 Å². The fourth-order valence-electron chi connectivity index (χ4n) is 6.85. The Kier molecular flexibility index (Phi) is 45.9. The standard InChI is InChI=1S/2C14H32P2.C13H10.3Ni.2H2S/c2*1-11(2)15(12(3)4)9-10-16(13(5)6)14(7)8;1-11-6-5-9-13(10-11)12-7-3-2-4-8-12;;;;;/h2*11-14H,9-10H2,1-8H3;2-7,10H,1H3;;;;2*1H2/q;;-2;;;+2;;/p+2. The molecule has 50 heavy (non-hydrogen) atoms. The second kappa shape index (κ2) is 35.7. The van der Waals surface area contributed by atoms with E-state index in [1.54, 1.807) is 24.6 Å². The molecule has 0 aromatic heterocycles. The van der Waals surface area contributed by atoms with Crippen LogP contribution in [0.15, 0.2) is 42.5 Å². The second-order valence-electron chi connectivity index (χ2n) is 15.6. The average Bonchev–Trinajstić information content (AvgIpc) is 2.93. The molecule has 0 aliphatic rings. The van der Waals surface area contributed by atoms with Crippen molar-refractivity contribution in [2.24, 2.45) is 0 Å². The topological polar surface area (TPSA) is 0 Å². The van der Waals surface area contributed by atoms with Crippen molar-refractivity contribution in [3.8, 4) is 11.1 Å². The van der Waals surface area contributed by atoms with Crippen molar-refractivity contribution in [3.63, 3.8) is 0 Å². The van der Waals surface area contributed by atoms with Crippen LogP contribution in [0.25, 0.3) is 11.1 Å². The van der Waals surface area contributed by atoms with E-state index in [1.807, 2.05) is 36.4 Å². The molecule has 0 fully saturated rings. The van der Waals surface area contributed by atoms with Crippen LogP contribution < -0.4 is 0 Å². The molecule has 304 valence electrons. The van der Waals surface area contributed by atoms with E-state index in [0.29, 0.717) is 0 Å². The molecule has 0 N–H and O–H groups in total. The molecule has 0 amide bonds. The summed E-state index contributed by atoms with van der Waals surface area (Å²) in [4.78, 5) is 0. The molecule has 9 heteroatoms. The number of hydrogen-bond acceptors (Lipinski definition) is 2. The summed E-state index contributed by atoms with van der Waals surface area (Å²) in [5, 5.41) is 0. The predicted molar refractivity (Wildman–Crippen MR) is 246 cm³/mol. The average molecular weight is 937 g/mol. The number of rotatable bonds is 15. The van der Waals surface area contributed by atoms with E-state index in [1.165, 1.54) is 5.56 Å². The van der Waals surface area contributed by atoms with Gasteiger partial charge >= 0.3 is 16.5 Å². The Morgan fingerprint density at radius 2 is 0.720 bits per heavy atom. The zero-order chi connectivity index (χ0) is 34.9. The molecule has 0 saturated carbocycles. The van der Waals surface area contributed by atoms with E-state index in [4.69, 9.17) is 0 Å². The fourth-order valence-corrected chi connectivity index (χ4v) is 21.4. The second-order valence-corrected chi connectivity index (χ2v) is 31.4. The summed E-state index contributed by atoms with van der Waals surface area (Å²) in [6, 6.07) is 20.4. The van der Waals surface area contributed by atoms with Crippen LogP contribution in [0.2, 0.25) is 0 Å². The molecule has 0 aliphatic carbocycles. The van der Waals surface area contributed by atoms with Crippen molar-refractivity contribution < 1.29 is 49.5 Å². The molecule has 0 bridgehead atoms. The minimum absolute atomic E-state index is 0. The van der Waals surface area contributed by atoms with Gasteiger partial charge in [0, 0.05) is 64.7 Å². The Morgan fingerprint density at radius 3 is 0.940 bits per heavy atom. The molecule has 0 heterocycles. The third-order valence-corrected chi connectivity index (χ3v) is 25.5. The first-order valence-electron chi connectivity index (χ1n) is 18.3. The summed E-state index contributed by atoms with van der Waals surface area (Å²) in [6.07, 6.45) is 6.24. The normalized spacial score (nSPS) is 11.0. The first-order chi connectivity index (χ1) is 20.9. The SMILES string of the molecule is CC(C)[PH+](CC[PH+](C(C)C)C(C)C)C(C)C.CC(C)[PH+](CC[PH+](C(C)C)C(C)C)C(C)C.Cc1cc[c-]c(-c2[c-]cccc2)c1.[Ni+2].[Ni].[Ni].[SH-].[SH-]. The number of benzene rings is 2. The van der Waals surface area contributed by atoms with Gasteiger partial charge < -0.3 is 27.0 Å². The quantitative estimate of drug-likeness (QED) is 0.0574. The molecular weight excluding hydrogens is 857 g/mol. The molecule has 0 radical (unpaired) electrons. The van der Waals surface area contributed by atoms with Gasteiger partial charge in [-0.25, -0.2) is 11.1 Å². The molecule has 0 nitrogen and oxygen atoms in total. The smallest absolute Gasteiger partial charge is 0.813 e. The van der Waals surface area contributed by atoms with Crippen LogP contribution in [0.3, 0.4) is 0 Å². The first kappa shape index (κ1) is 64.2. The van der Waals surface area contributed by atoms with Gasteiger partial charge in [-0.2, -0.15) is 42.5 Å². The van der Waals surface area contributed by atoms with Crippen LogP contribution in [0.4, 0.5) is 0 Å². The van der Waals surface area contributed by atoms with Crippen molar-refractivity contribution >= 4 is 58.7 Å². The minimum Gasteiger partial charge on any atom is -0.813 e. The zero-order valence-corrected chi connectivity index (χ0v) is 43.6. The van der Waals surface area contributed by atoms with E-state index in [0.717, 1.165) is 56.4 Å². The molecule has 0 aliphatic heterocycles. The summed E-state index contributed by atoms with van der Waals surface area (Å²) < 4.78 is 0.